The summed E-state index contributed by atoms with van der Waals surface area (Å²) in [6.45, 7) is 8.61. The maximum Gasteiger partial charge on any atom is 0.0474 e. The Morgan fingerprint density at radius 2 is 2.17 bits per heavy atom. The van der Waals surface area contributed by atoms with Crippen LogP contribution in [0.5, 0.6) is 0 Å². The van der Waals surface area contributed by atoms with Crippen molar-refractivity contribution < 1.29 is 4.74 Å². The molecule has 108 valence electrons. The van der Waals surface area contributed by atoms with Crippen LogP contribution >= 0.6 is 0 Å². The Bertz CT molecular complexity index is 223. The van der Waals surface area contributed by atoms with E-state index in [-0.39, 0.29) is 5.54 Å². The van der Waals surface area contributed by atoms with Crippen molar-refractivity contribution >= 4 is 0 Å². The normalized spacial score (nSPS) is 28.8. The molecule has 0 bridgehead atoms. The Kier molecular flexibility index (Phi) is 7.20. The third kappa shape index (κ3) is 4.22. The lowest BCUT2D eigenvalue weighted by Gasteiger charge is -2.48. The summed E-state index contributed by atoms with van der Waals surface area (Å²) in [6, 6.07) is 0. The zero-order valence-corrected chi connectivity index (χ0v) is 12.6. The second-order valence-corrected chi connectivity index (χ2v) is 5.96. The first-order chi connectivity index (χ1) is 8.68. The van der Waals surface area contributed by atoms with E-state index in [1.165, 1.54) is 38.6 Å². The molecule has 1 aliphatic carbocycles. The first-order valence-corrected chi connectivity index (χ1v) is 7.62. The van der Waals surface area contributed by atoms with Crippen molar-refractivity contribution in [3.63, 3.8) is 0 Å². The minimum atomic E-state index is 0.265. The van der Waals surface area contributed by atoms with Crippen LogP contribution in [-0.4, -0.2) is 43.8 Å². The second kappa shape index (κ2) is 8.13. The Hall–Kier alpha value is -0.120. The molecule has 3 heteroatoms. The fourth-order valence-electron chi connectivity index (χ4n) is 3.49. The fourth-order valence-corrected chi connectivity index (χ4v) is 3.49. The molecule has 0 spiro atoms. The molecule has 1 aliphatic rings. The molecule has 0 aromatic rings. The van der Waals surface area contributed by atoms with E-state index < -0.39 is 0 Å². The molecule has 0 heterocycles. The third-order valence-corrected chi connectivity index (χ3v) is 4.39. The van der Waals surface area contributed by atoms with Crippen molar-refractivity contribution in [1.82, 2.24) is 4.90 Å². The number of ether oxygens (including phenoxy) is 1. The number of methoxy groups -OCH3 is 1. The van der Waals surface area contributed by atoms with Crippen LogP contribution < -0.4 is 5.73 Å². The molecule has 2 N–H and O–H groups in total. The van der Waals surface area contributed by atoms with Gasteiger partial charge in [0.15, 0.2) is 0 Å². The summed E-state index contributed by atoms with van der Waals surface area (Å²) in [6.07, 6.45) is 7.59. The largest absolute Gasteiger partial charge is 0.385 e. The first kappa shape index (κ1) is 15.9. The van der Waals surface area contributed by atoms with E-state index in [9.17, 15) is 0 Å². The van der Waals surface area contributed by atoms with Gasteiger partial charge in [-0.3, -0.25) is 4.90 Å². The van der Waals surface area contributed by atoms with Crippen LogP contribution in [0.4, 0.5) is 0 Å². The highest BCUT2D eigenvalue weighted by Gasteiger charge is 2.38. The topological polar surface area (TPSA) is 38.5 Å². The average Bonchev–Trinajstić information content (AvgIpc) is 2.38. The molecule has 0 aliphatic heterocycles. The number of nitrogens with two attached hydrogens (primary N) is 1. The minimum absolute atomic E-state index is 0.265. The van der Waals surface area contributed by atoms with E-state index in [0.717, 1.165) is 32.0 Å². The molecule has 0 amide bonds. The monoisotopic (exact) mass is 256 g/mol. The highest BCUT2D eigenvalue weighted by molar-refractivity contribution is 4.95. The lowest BCUT2D eigenvalue weighted by Crippen LogP contribution is -2.56. The van der Waals surface area contributed by atoms with E-state index in [1.54, 1.807) is 7.11 Å². The Balaban J connectivity index is 2.65. The van der Waals surface area contributed by atoms with Crippen LogP contribution in [0.3, 0.4) is 0 Å². The van der Waals surface area contributed by atoms with Gasteiger partial charge in [0.1, 0.15) is 0 Å². The van der Waals surface area contributed by atoms with Crippen LogP contribution in [0, 0.1) is 5.92 Å². The molecule has 1 saturated carbocycles. The quantitative estimate of drug-likeness (QED) is 0.679. The zero-order valence-electron chi connectivity index (χ0n) is 12.6. The highest BCUT2D eigenvalue weighted by Crippen LogP contribution is 2.36. The highest BCUT2D eigenvalue weighted by atomic mass is 16.5. The van der Waals surface area contributed by atoms with Gasteiger partial charge < -0.3 is 10.5 Å². The van der Waals surface area contributed by atoms with Crippen LogP contribution in [0.1, 0.15) is 52.4 Å². The second-order valence-electron chi connectivity index (χ2n) is 5.96. The van der Waals surface area contributed by atoms with Gasteiger partial charge in [0.25, 0.3) is 0 Å². The number of nitrogens with zero attached hydrogens (tertiary/aromatic N) is 1. The van der Waals surface area contributed by atoms with Crippen molar-refractivity contribution in [2.75, 3.05) is 33.4 Å². The lowest BCUT2D eigenvalue weighted by molar-refractivity contribution is 0.0321. The molecule has 0 aromatic carbocycles. The zero-order chi connectivity index (χ0) is 13.4. The van der Waals surface area contributed by atoms with Crippen LogP contribution in [-0.2, 0) is 4.74 Å². The summed E-state index contributed by atoms with van der Waals surface area (Å²) in [5, 5.41) is 0. The first-order valence-electron chi connectivity index (χ1n) is 7.62. The van der Waals surface area contributed by atoms with Gasteiger partial charge in [-0.05, 0) is 38.1 Å². The predicted molar refractivity (Wildman–Crippen MR) is 77.8 cm³/mol. The van der Waals surface area contributed by atoms with Gasteiger partial charge in [-0.15, -0.1) is 0 Å². The maximum absolute atomic E-state index is 6.16. The summed E-state index contributed by atoms with van der Waals surface area (Å²) in [4.78, 5) is 2.65. The van der Waals surface area contributed by atoms with E-state index >= 15 is 0 Å². The number of rotatable bonds is 8. The molecule has 2 unspecified atom stereocenters. The number of hydrogen-bond donors (Lipinski definition) is 1. The lowest BCUT2D eigenvalue weighted by atomic mass is 9.75. The van der Waals surface area contributed by atoms with Crippen molar-refractivity contribution in [1.29, 1.82) is 0 Å². The molecule has 0 saturated heterocycles. The van der Waals surface area contributed by atoms with Crippen molar-refractivity contribution in [2.45, 2.75) is 57.9 Å². The smallest absolute Gasteiger partial charge is 0.0474 e. The van der Waals surface area contributed by atoms with E-state index in [1.807, 2.05) is 0 Å². The summed E-state index contributed by atoms with van der Waals surface area (Å²) in [5.41, 5.74) is 6.43. The Labute approximate surface area is 113 Å². The molecule has 18 heavy (non-hydrogen) atoms. The van der Waals surface area contributed by atoms with Crippen molar-refractivity contribution in [3.8, 4) is 0 Å². The molecular formula is C15H32N2O. The van der Waals surface area contributed by atoms with Crippen LogP contribution in [0.15, 0.2) is 0 Å². The SMILES string of the molecule is CCCN(CCCOC)C1(CN)CCCC(C)C1. The van der Waals surface area contributed by atoms with E-state index in [0.29, 0.717) is 0 Å². The van der Waals surface area contributed by atoms with Gasteiger partial charge in [-0.25, -0.2) is 0 Å². The molecular weight excluding hydrogens is 224 g/mol. The Morgan fingerprint density at radius 3 is 2.72 bits per heavy atom. The standard InChI is InChI=1S/C15H32N2O/c1-4-9-17(10-6-11-18-3)15(13-16)8-5-7-14(2)12-15/h14H,4-13,16H2,1-3H3. The van der Waals surface area contributed by atoms with Gasteiger partial charge in [0.05, 0.1) is 0 Å². The molecule has 1 rings (SSSR count). The van der Waals surface area contributed by atoms with Gasteiger partial charge in [0.2, 0.25) is 0 Å². The van der Waals surface area contributed by atoms with Crippen molar-refractivity contribution in [2.24, 2.45) is 11.7 Å². The minimum Gasteiger partial charge on any atom is -0.385 e. The average molecular weight is 256 g/mol. The van der Waals surface area contributed by atoms with Crippen LogP contribution in [0.25, 0.3) is 0 Å². The molecule has 0 aromatic heterocycles. The van der Waals surface area contributed by atoms with E-state index in [2.05, 4.69) is 18.7 Å². The van der Waals surface area contributed by atoms with Crippen LogP contribution in [0.2, 0.25) is 0 Å². The molecule has 0 radical (unpaired) electrons. The molecule has 2 atom stereocenters. The van der Waals surface area contributed by atoms with Gasteiger partial charge in [-0.1, -0.05) is 26.7 Å². The fraction of sp³-hybridized carbons (Fsp3) is 1.00. The van der Waals surface area contributed by atoms with Gasteiger partial charge in [-0.2, -0.15) is 0 Å². The van der Waals surface area contributed by atoms with Gasteiger partial charge in [0, 0.05) is 32.3 Å². The molecule has 3 nitrogen and oxygen atoms in total. The maximum atomic E-state index is 6.16. The summed E-state index contributed by atoms with van der Waals surface area (Å²) in [7, 11) is 1.78. The van der Waals surface area contributed by atoms with Crippen molar-refractivity contribution in [3.05, 3.63) is 0 Å². The summed E-state index contributed by atoms with van der Waals surface area (Å²) >= 11 is 0. The predicted octanol–water partition coefficient (Wildman–Crippen LogP) is 2.64. The summed E-state index contributed by atoms with van der Waals surface area (Å²) in [5.74, 6) is 0.823. The van der Waals surface area contributed by atoms with Gasteiger partial charge >= 0.3 is 0 Å². The number of hydrogen-bond acceptors (Lipinski definition) is 3. The molecule has 1 fully saturated rings. The Morgan fingerprint density at radius 1 is 1.39 bits per heavy atom. The third-order valence-electron chi connectivity index (χ3n) is 4.39. The van der Waals surface area contributed by atoms with E-state index in [4.69, 9.17) is 10.5 Å². The summed E-state index contributed by atoms with van der Waals surface area (Å²) < 4.78 is 5.19.